The van der Waals surface area contributed by atoms with Crippen LogP contribution >= 0.6 is 0 Å². The van der Waals surface area contributed by atoms with Gasteiger partial charge in [0.1, 0.15) is 0 Å². The number of amides is 1. The van der Waals surface area contributed by atoms with Gasteiger partial charge in [-0.3, -0.25) is 4.79 Å². The van der Waals surface area contributed by atoms with E-state index in [1.165, 1.54) is 14.0 Å². The van der Waals surface area contributed by atoms with Crippen LogP contribution in [0.4, 0.5) is 0 Å². The normalized spacial score (nSPS) is 45.2. The van der Waals surface area contributed by atoms with Crippen molar-refractivity contribution < 1.29 is 24.2 Å². The fourth-order valence-electron chi connectivity index (χ4n) is 2.44. The predicted octanol–water partition coefficient (Wildman–Crippen LogP) is -0.839. The van der Waals surface area contributed by atoms with Crippen LogP contribution in [0, 0.1) is 5.92 Å². The highest BCUT2D eigenvalue weighted by atomic mass is 16.7. The fourth-order valence-corrected chi connectivity index (χ4v) is 2.44. The Kier molecular flexibility index (Phi) is 1.95. The molecule has 0 aromatic heterocycles. The van der Waals surface area contributed by atoms with Gasteiger partial charge in [0.25, 0.3) is 11.5 Å². The Morgan fingerprint density at radius 1 is 1.56 bits per heavy atom. The van der Waals surface area contributed by atoms with Crippen molar-refractivity contribution in [2.75, 3.05) is 7.11 Å². The lowest BCUT2D eigenvalue weighted by atomic mass is 9.83. The van der Waals surface area contributed by atoms with Crippen LogP contribution in [0.25, 0.3) is 0 Å². The number of ether oxygens (including phenoxy) is 2. The molecule has 3 atom stereocenters. The summed E-state index contributed by atoms with van der Waals surface area (Å²) in [5.41, 5.74) is -4.47. The first-order valence-electron chi connectivity index (χ1n) is 5.10. The Hall–Kier alpha value is -1.14. The minimum atomic E-state index is -1.68. The second-order valence-corrected chi connectivity index (χ2v) is 4.68. The molecule has 90 valence electrons. The van der Waals surface area contributed by atoms with Crippen LogP contribution in [0.15, 0.2) is 0 Å². The molecule has 2 aliphatic heterocycles. The number of rotatable bonds is 2. The van der Waals surface area contributed by atoms with Gasteiger partial charge in [-0.05, 0) is 6.92 Å². The molecule has 6 nitrogen and oxygen atoms in total. The molecule has 2 aliphatic rings. The quantitative estimate of drug-likeness (QED) is 0.366. The van der Waals surface area contributed by atoms with Crippen LogP contribution in [0.1, 0.15) is 20.8 Å². The first kappa shape index (κ1) is 11.3. The van der Waals surface area contributed by atoms with E-state index < -0.39 is 28.8 Å². The highest BCUT2D eigenvalue weighted by molar-refractivity contribution is 6.13. The molecule has 0 bridgehead atoms. The van der Waals surface area contributed by atoms with Gasteiger partial charge in [-0.2, -0.15) is 0 Å². The SMILES string of the molecule is COC(=O)[C@]12O[C@@]1(C)C(O)(C(C)C)NC2=O. The molecular formula is C10H15NO5. The molecule has 2 N–H and O–H groups in total. The number of morpholine rings is 1. The second-order valence-electron chi connectivity index (χ2n) is 4.68. The van der Waals surface area contributed by atoms with Gasteiger partial charge < -0.3 is 19.9 Å². The van der Waals surface area contributed by atoms with Gasteiger partial charge >= 0.3 is 5.97 Å². The van der Waals surface area contributed by atoms with Crippen molar-refractivity contribution in [2.24, 2.45) is 5.92 Å². The lowest BCUT2D eigenvalue weighted by molar-refractivity contribution is -0.154. The van der Waals surface area contributed by atoms with Gasteiger partial charge in [-0.15, -0.1) is 0 Å². The van der Waals surface area contributed by atoms with E-state index in [4.69, 9.17) is 4.74 Å². The van der Waals surface area contributed by atoms with Crippen molar-refractivity contribution in [3.05, 3.63) is 0 Å². The van der Waals surface area contributed by atoms with Gasteiger partial charge in [0.15, 0.2) is 11.3 Å². The Morgan fingerprint density at radius 2 is 2.12 bits per heavy atom. The maximum Gasteiger partial charge on any atom is 0.351 e. The molecule has 0 aromatic rings. The van der Waals surface area contributed by atoms with Gasteiger partial charge in [0.05, 0.1) is 7.11 Å². The van der Waals surface area contributed by atoms with E-state index >= 15 is 0 Å². The third-order valence-corrected chi connectivity index (χ3v) is 3.65. The molecule has 1 unspecified atom stereocenters. The summed E-state index contributed by atoms with van der Waals surface area (Å²) in [5.74, 6) is -1.70. The number of carbonyl (C=O) groups is 2. The highest BCUT2D eigenvalue weighted by Crippen LogP contribution is 2.60. The molecule has 2 fully saturated rings. The summed E-state index contributed by atoms with van der Waals surface area (Å²) in [7, 11) is 1.18. The minimum absolute atomic E-state index is 0.282. The molecule has 2 rings (SSSR count). The number of carbonyl (C=O) groups excluding carboxylic acids is 2. The van der Waals surface area contributed by atoms with Crippen molar-refractivity contribution in [3.63, 3.8) is 0 Å². The number of aliphatic hydroxyl groups is 1. The standard InChI is InChI=1S/C10H15NO5/c1-5(2)10(14)8(3)9(16-8,6(12)11-10)7(13)15-4/h5,14H,1-4H3,(H,11,12)/t8-,9+,10?/m1/s1. The Morgan fingerprint density at radius 3 is 2.44 bits per heavy atom. The van der Waals surface area contributed by atoms with Gasteiger partial charge in [0, 0.05) is 5.92 Å². The average molecular weight is 229 g/mol. The predicted molar refractivity (Wildman–Crippen MR) is 52.2 cm³/mol. The van der Waals surface area contributed by atoms with E-state index in [0.29, 0.717) is 0 Å². The van der Waals surface area contributed by atoms with E-state index in [0.717, 1.165) is 0 Å². The van der Waals surface area contributed by atoms with E-state index in [1.54, 1.807) is 13.8 Å². The topological polar surface area (TPSA) is 88.2 Å². The third-order valence-electron chi connectivity index (χ3n) is 3.65. The zero-order valence-electron chi connectivity index (χ0n) is 9.66. The zero-order chi connectivity index (χ0) is 12.4. The van der Waals surface area contributed by atoms with E-state index in [2.05, 4.69) is 10.1 Å². The summed E-state index contributed by atoms with van der Waals surface area (Å²) in [4.78, 5) is 23.4. The lowest BCUT2D eigenvalue weighted by Crippen LogP contribution is -2.56. The van der Waals surface area contributed by atoms with Gasteiger partial charge in [-0.25, -0.2) is 4.79 Å². The summed E-state index contributed by atoms with van der Waals surface area (Å²) < 4.78 is 9.78. The maximum atomic E-state index is 11.8. The summed E-state index contributed by atoms with van der Waals surface area (Å²) in [5, 5.41) is 12.8. The maximum absolute atomic E-state index is 11.8. The van der Waals surface area contributed by atoms with Crippen molar-refractivity contribution >= 4 is 11.9 Å². The molecule has 2 saturated heterocycles. The minimum Gasteiger partial charge on any atom is -0.466 e. The van der Waals surface area contributed by atoms with E-state index in [-0.39, 0.29) is 5.92 Å². The zero-order valence-corrected chi connectivity index (χ0v) is 9.66. The summed E-state index contributed by atoms with van der Waals surface area (Å²) in [6, 6.07) is 0. The average Bonchev–Trinajstić information content (AvgIpc) is 2.81. The van der Waals surface area contributed by atoms with Gasteiger partial charge in [-0.1, -0.05) is 13.8 Å². The number of fused-ring (bicyclic) bond motifs is 1. The molecule has 6 heteroatoms. The molecular weight excluding hydrogens is 214 g/mol. The molecule has 0 radical (unpaired) electrons. The van der Waals surface area contributed by atoms with Crippen molar-refractivity contribution in [3.8, 4) is 0 Å². The fraction of sp³-hybridized carbons (Fsp3) is 0.800. The van der Waals surface area contributed by atoms with Crippen LogP contribution in [-0.2, 0) is 19.1 Å². The Bertz CT molecular complexity index is 381. The van der Waals surface area contributed by atoms with Crippen molar-refractivity contribution in [1.82, 2.24) is 5.32 Å². The Labute approximate surface area is 92.9 Å². The third kappa shape index (κ3) is 0.860. The number of epoxide rings is 1. The monoisotopic (exact) mass is 229 g/mol. The molecule has 0 aliphatic carbocycles. The van der Waals surface area contributed by atoms with Crippen LogP contribution < -0.4 is 5.32 Å². The van der Waals surface area contributed by atoms with Crippen LogP contribution in [-0.4, -0.2) is 41.0 Å². The summed E-state index contributed by atoms with van der Waals surface area (Å²) >= 11 is 0. The lowest BCUT2D eigenvalue weighted by Gasteiger charge is -2.32. The number of methoxy groups -OCH3 is 1. The van der Waals surface area contributed by atoms with Crippen LogP contribution in [0.5, 0.6) is 0 Å². The highest BCUT2D eigenvalue weighted by Gasteiger charge is 2.90. The van der Waals surface area contributed by atoms with E-state index in [1.807, 2.05) is 0 Å². The molecule has 0 spiro atoms. The first-order chi connectivity index (χ1) is 7.26. The van der Waals surface area contributed by atoms with Crippen LogP contribution in [0.2, 0.25) is 0 Å². The summed E-state index contributed by atoms with van der Waals surface area (Å²) in [6.07, 6.45) is 0. The number of esters is 1. The van der Waals surface area contributed by atoms with Gasteiger partial charge in [0.2, 0.25) is 0 Å². The van der Waals surface area contributed by atoms with E-state index in [9.17, 15) is 14.7 Å². The smallest absolute Gasteiger partial charge is 0.351 e. The van der Waals surface area contributed by atoms with Crippen molar-refractivity contribution in [1.29, 1.82) is 0 Å². The Balaban J connectivity index is 2.45. The molecule has 16 heavy (non-hydrogen) atoms. The molecule has 1 amide bonds. The summed E-state index contributed by atoms with van der Waals surface area (Å²) in [6.45, 7) is 5.00. The van der Waals surface area contributed by atoms with Crippen molar-refractivity contribution in [2.45, 2.75) is 37.7 Å². The first-order valence-corrected chi connectivity index (χ1v) is 5.10. The number of nitrogens with one attached hydrogen (secondary N) is 1. The molecule has 2 heterocycles. The second kappa shape index (κ2) is 2.75. The number of hydrogen-bond acceptors (Lipinski definition) is 5. The molecule has 0 saturated carbocycles. The number of hydrogen-bond donors (Lipinski definition) is 2. The molecule has 0 aromatic carbocycles. The van der Waals surface area contributed by atoms with Crippen LogP contribution in [0.3, 0.4) is 0 Å². The largest absolute Gasteiger partial charge is 0.466 e.